The van der Waals surface area contributed by atoms with Gasteiger partial charge in [-0.25, -0.2) is 9.38 Å². The van der Waals surface area contributed by atoms with Crippen molar-refractivity contribution in [2.75, 3.05) is 31.4 Å². The number of benzene rings is 1. The predicted molar refractivity (Wildman–Crippen MR) is 110 cm³/mol. The summed E-state index contributed by atoms with van der Waals surface area (Å²) in [5.41, 5.74) is 2.10. The van der Waals surface area contributed by atoms with Crippen LogP contribution in [-0.4, -0.2) is 37.3 Å². The summed E-state index contributed by atoms with van der Waals surface area (Å²) < 4.78 is 13.3. The number of nitrogens with zero attached hydrogens (tertiary/aromatic N) is 1. The maximum absolute atomic E-state index is 13.3. The molecule has 126 valence electrons. The molecule has 0 amide bonds. The lowest BCUT2D eigenvalue weighted by Gasteiger charge is -2.12. The van der Waals surface area contributed by atoms with Gasteiger partial charge >= 0.3 is 0 Å². The molecule has 0 fully saturated rings. The van der Waals surface area contributed by atoms with Crippen LogP contribution in [0.2, 0.25) is 0 Å². The van der Waals surface area contributed by atoms with Crippen LogP contribution >= 0.6 is 47.5 Å². The highest BCUT2D eigenvalue weighted by Gasteiger charge is 2.04. The van der Waals surface area contributed by atoms with Gasteiger partial charge in [0.2, 0.25) is 0 Å². The Morgan fingerprint density at radius 1 is 1.18 bits per heavy atom. The van der Waals surface area contributed by atoms with E-state index >= 15 is 0 Å². The number of rotatable bonds is 8. The first-order chi connectivity index (χ1) is 10.2. The van der Waals surface area contributed by atoms with Gasteiger partial charge in [0.1, 0.15) is 5.82 Å². The van der Waals surface area contributed by atoms with Crippen LogP contribution in [0.25, 0.3) is 0 Å². The van der Waals surface area contributed by atoms with E-state index in [2.05, 4.69) is 21.9 Å². The van der Waals surface area contributed by atoms with Crippen molar-refractivity contribution in [1.82, 2.24) is 10.6 Å². The summed E-state index contributed by atoms with van der Waals surface area (Å²) >= 11 is 3.49. The zero-order valence-electron chi connectivity index (χ0n) is 13.3. The molecule has 3 nitrogen and oxygen atoms in total. The molecule has 7 heteroatoms. The van der Waals surface area contributed by atoms with Gasteiger partial charge in [0.05, 0.1) is 6.54 Å². The van der Waals surface area contributed by atoms with Crippen LogP contribution in [0.1, 0.15) is 18.1 Å². The molecular weight excluding hydrogens is 432 g/mol. The van der Waals surface area contributed by atoms with Crippen LogP contribution in [-0.2, 0) is 12.3 Å². The molecule has 22 heavy (non-hydrogen) atoms. The van der Waals surface area contributed by atoms with Crippen molar-refractivity contribution in [2.24, 2.45) is 4.99 Å². The van der Waals surface area contributed by atoms with Gasteiger partial charge in [-0.15, -0.1) is 24.0 Å². The zero-order chi connectivity index (χ0) is 15.5. The van der Waals surface area contributed by atoms with Crippen molar-refractivity contribution < 1.29 is 4.39 Å². The second kappa shape index (κ2) is 13.3. The first-order valence-corrected chi connectivity index (χ1v) is 9.77. The fourth-order valence-electron chi connectivity index (χ4n) is 1.82. The van der Waals surface area contributed by atoms with Gasteiger partial charge in [0, 0.05) is 24.6 Å². The molecule has 0 aliphatic heterocycles. The number of hydrogen-bond donors (Lipinski definition) is 2. The van der Waals surface area contributed by atoms with Crippen LogP contribution in [0.5, 0.6) is 0 Å². The maximum Gasteiger partial charge on any atom is 0.191 e. The molecule has 0 aliphatic carbocycles. The number of nitrogens with one attached hydrogen (secondary N) is 2. The van der Waals surface area contributed by atoms with Gasteiger partial charge in [0.15, 0.2) is 5.96 Å². The molecule has 0 radical (unpaired) electrons. The highest BCUT2D eigenvalue weighted by atomic mass is 127. The zero-order valence-corrected chi connectivity index (χ0v) is 17.3. The van der Waals surface area contributed by atoms with E-state index in [0.29, 0.717) is 6.54 Å². The molecule has 0 spiro atoms. The summed E-state index contributed by atoms with van der Waals surface area (Å²) in [7, 11) is 0. The third kappa shape index (κ3) is 8.47. The molecule has 1 rings (SSSR count). The lowest BCUT2D eigenvalue weighted by Crippen LogP contribution is -2.38. The Hall–Kier alpha value is -0.150. The van der Waals surface area contributed by atoms with Crippen LogP contribution in [0.3, 0.4) is 0 Å². The molecule has 2 N–H and O–H groups in total. The van der Waals surface area contributed by atoms with Crippen molar-refractivity contribution in [1.29, 1.82) is 0 Å². The lowest BCUT2D eigenvalue weighted by molar-refractivity contribution is 0.625. The Morgan fingerprint density at radius 3 is 2.59 bits per heavy atom. The summed E-state index contributed by atoms with van der Waals surface area (Å²) in [6.45, 7) is 4.31. The highest BCUT2D eigenvalue weighted by Crippen LogP contribution is 2.17. The third-order valence-corrected chi connectivity index (χ3v) is 4.03. The van der Waals surface area contributed by atoms with Crippen molar-refractivity contribution in [2.45, 2.75) is 19.2 Å². The Balaban J connectivity index is 0.00000441. The number of guanidine groups is 1. The summed E-state index contributed by atoms with van der Waals surface area (Å²) in [5.74, 6) is 2.47. The molecule has 0 aliphatic rings. The second-order valence-corrected chi connectivity index (χ2v) is 6.31. The van der Waals surface area contributed by atoms with E-state index in [1.165, 1.54) is 6.07 Å². The number of thioether (sulfide) groups is 2. The normalized spacial score (nSPS) is 11.0. The topological polar surface area (TPSA) is 36.4 Å². The van der Waals surface area contributed by atoms with Crippen molar-refractivity contribution in [3.63, 3.8) is 0 Å². The van der Waals surface area contributed by atoms with E-state index in [9.17, 15) is 4.39 Å². The molecule has 1 aromatic carbocycles. The van der Waals surface area contributed by atoms with Crippen LogP contribution in [0.15, 0.2) is 23.2 Å². The smallest absolute Gasteiger partial charge is 0.191 e. The van der Waals surface area contributed by atoms with Gasteiger partial charge in [-0.2, -0.15) is 23.5 Å². The van der Waals surface area contributed by atoms with E-state index < -0.39 is 0 Å². The molecule has 0 unspecified atom stereocenters. The second-order valence-electron chi connectivity index (χ2n) is 4.46. The molecule has 0 aromatic heterocycles. The molecule has 0 bridgehead atoms. The van der Waals surface area contributed by atoms with Crippen molar-refractivity contribution in [3.05, 3.63) is 35.1 Å². The lowest BCUT2D eigenvalue weighted by atomic mass is 10.1. The van der Waals surface area contributed by atoms with Gasteiger partial charge in [-0.1, -0.05) is 6.07 Å². The largest absolute Gasteiger partial charge is 0.357 e. The highest BCUT2D eigenvalue weighted by molar-refractivity contribution is 14.0. The first kappa shape index (κ1) is 21.9. The van der Waals surface area contributed by atoms with Crippen molar-refractivity contribution >= 4 is 53.5 Å². The van der Waals surface area contributed by atoms with E-state index in [0.717, 1.165) is 41.7 Å². The monoisotopic (exact) mass is 457 g/mol. The molecule has 1 aromatic rings. The number of aliphatic imine (C=N–C) groups is 1. The standard InChI is InChI=1S/C15H24FN3S2.HI/c1-4-17-15(18-7-8-20-2)19-10-12-5-6-14(16)9-13(12)11-21-3;/h5-6,9H,4,7-8,10-11H2,1-3H3,(H2,17,18,19);1H. The maximum atomic E-state index is 13.3. The Labute approximate surface area is 158 Å². The first-order valence-electron chi connectivity index (χ1n) is 6.98. The van der Waals surface area contributed by atoms with Gasteiger partial charge < -0.3 is 10.6 Å². The van der Waals surface area contributed by atoms with Crippen LogP contribution in [0.4, 0.5) is 4.39 Å². The average Bonchev–Trinajstić information content (AvgIpc) is 2.47. The van der Waals surface area contributed by atoms with Crippen molar-refractivity contribution in [3.8, 4) is 0 Å². The number of halogens is 2. The molecule has 0 heterocycles. The van der Waals surface area contributed by atoms with Gasteiger partial charge in [-0.05, 0) is 42.7 Å². The summed E-state index contributed by atoms with van der Waals surface area (Å²) in [6, 6.07) is 4.94. The quantitative estimate of drug-likeness (QED) is 0.270. The fourth-order valence-corrected chi connectivity index (χ4v) is 2.70. The summed E-state index contributed by atoms with van der Waals surface area (Å²) in [4.78, 5) is 4.58. The third-order valence-electron chi connectivity index (χ3n) is 2.82. The minimum atomic E-state index is -0.184. The van der Waals surface area contributed by atoms with E-state index in [-0.39, 0.29) is 29.8 Å². The number of hydrogen-bond acceptors (Lipinski definition) is 3. The Kier molecular flexibility index (Phi) is 13.2. The van der Waals surface area contributed by atoms with E-state index in [1.54, 1.807) is 29.6 Å². The van der Waals surface area contributed by atoms with Gasteiger partial charge in [0.25, 0.3) is 0 Å². The van der Waals surface area contributed by atoms with E-state index in [1.807, 2.05) is 19.2 Å². The van der Waals surface area contributed by atoms with Gasteiger partial charge in [-0.3, -0.25) is 0 Å². The summed E-state index contributed by atoms with van der Waals surface area (Å²) in [6.07, 6.45) is 4.10. The molecule has 0 atom stereocenters. The fraction of sp³-hybridized carbons (Fsp3) is 0.533. The SMILES string of the molecule is CCNC(=NCc1ccc(F)cc1CSC)NCCSC.I. The van der Waals surface area contributed by atoms with Crippen LogP contribution < -0.4 is 10.6 Å². The van der Waals surface area contributed by atoms with E-state index in [4.69, 9.17) is 0 Å². The molecular formula is C15H25FIN3S2. The minimum absolute atomic E-state index is 0. The Morgan fingerprint density at radius 2 is 1.95 bits per heavy atom. The minimum Gasteiger partial charge on any atom is -0.357 e. The average molecular weight is 457 g/mol. The van der Waals surface area contributed by atoms with Crippen LogP contribution in [0, 0.1) is 5.82 Å². The molecule has 0 saturated heterocycles. The predicted octanol–water partition coefficient (Wildman–Crippen LogP) is 3.72. The summed E-state index contributed by atoms with van der Waals surface area (Å²) in [5, 5.41) is 6.52. The Bertz CT molecular complexity index is 458. The molecule has 0 saturated carbocycles.